The van der Waals surface area contributed by atoms with Crippen LogP contribution >= 0.6 is 0 Å². The lowest BCUT2D eigenvalue weighted by atomic mass is 9.98. The van der Waals surface area contributed by atoms with E-state index in [4.69, 9.17) is 10.5 Å². The summed E-state index contributed by atoms with van der Waals surface area (Å²) in [6, 6.07) is 5.50. The van der Waals surface area contributed by atoms with Gasteiger partial charge in [-0.15, -0.1) is 0 Å². The summed E-state index contributed by atoms with van der Waals surface area (Å²) in [4.78, 5) is 12.1. The van der Waals surface area contributed by atoms with Crippen molar-refractivity contribution in [2.24, 2.45) is 0 Å². The quantitative estimate of drug-likeness (QED) is 0.625. The van der Waals surface area contributed by atoms with E-state index in [1.807, 2.05) is 19.1 Å². The van der Waals surface area contributed by atoms with E-state index in [9.17, 15) is 4.79 Å². The van der Waals surface area contributed by atoms with Crippen molar-refractivity contribution in [3.05, 3.63) is 29.3 Å². The number of hydrogen-bond acceptors (Lipinski definition) is 3. The number of nitrogen functional groups attached to an aromatic ring is 1. The van der Waals surface area contributed by atoms with Crippen molar-refractivity contribution in [1.29, 1.82) is 0 Å². The first-order valence-corrected chi connectivity index (χ1v) is 7.93. The molecule has 4 nitrogen and oxygen atoms in total. The third-order valence-corrected chi connectivity index (χ3v) is 3.97. The van der Waals surface area contributed by atoms with Crippen LogP contribution in [0.25, 0.3) is 0 Å². The molecule has 3 N–H and O–H groups in total. The summed E-state index contributed by atoms with van der Waals surface area (Å²) >= 11 is 0. The van der Waals surface area contributed by atoms with Crippen molar-refractivity contribution in [3.8, 4) is 0 Å². The molecular weight excluding hydrogens is 264 g/mol. The summed E-state index contributed by atoms with van der Waals surface area (Å²) in [6.45, 7) is 3.29. The number of hydrogen-bond donors (Lipinski definition) is 2. The zero-order chi connectivity index (χ0) is 15.1. The minimum absolute atomic E-state index is 0.103. The molecule has 1 amide bonds. The number of nitrogens with two attached hydrogens (primary N) is 1. The van der Waals surface area contributed by atoms with Crippen LogP contribution in [0, 0.1) is 6.92 Å². The minimum atomic E-state index is -0.103. The van der Waals surface area contributed by atoms with E-state index in [0.29, 0.717) is 30.5 Å². The summed E-state index contributed by atoms with van der Waals surface area (Å²) < 4.78 is 5.84. The molecule has 0 unspecified atom stereocenters. The van der Waals surface area contributed by atoms with Gasteiger partial charge >= 0.3 is 0 Å². The molecule has 0 heterocycles. The van der Waals surface area contributed by atoms with Crippen LogP contribution in [0.3, 0.4) is 0 Å². The highest BCUT2D eigenvalue weighted by atomic mass is 16.5. The Balaban J connectivity index is 1.66. The SMILES string of the molecule is Cc1ccc(N)c(C(=O)NCCCOC2CCCCC2)c1. The molecule has 1 fully saturated rings. The van der Waals surface area contributed by atoms with Crippen LogP contribution in [0.5, 0.6) is 0 Å². The van der Waals surface area contributed by atoms with E-state index >= 15 is 0 Å². The van der Waals surface area contributed by atoms with Gasteiger partial charge in [-0.1, -0.05) is 30.9 Å². The van der Waals surface area contributed by atoms with Crippen LogP contribution in [0.2, 0.25) is 0 Å². The normalized spacial score (nSPS) is 15.9. The fraction of sp³-hybridized carbons (Fsp3) is 0.588. The molecule has 0 saturated heterocycles. The standard InChI is InChI=1S/C17H26N2O2/c1-13-8-9-16(18)15(12-13)17(20)19-10-5-11-21-14-6-3-2-4-7-14/h8-9,12,14H,2-7,10-11,18H2,1H3,(H,19,20). The lowest BCUT2D eigenvalue weighted by Crippen LogP contribution is -2.27. The van der Waals surface area contributed by atoms with Gasteiger partial charge in [-0.25, -0.2) is 0 Å². The summed E-state index contributed by atoms with van der Waals surface area (Å²) in [6.07, 6.45) is 7.56. The first-order chi connectivity index (χ1) is 10.2. The molecule has 0 bridgehead atoms. The predicted octanol–water partition coefficient (Wildman–Crippen LogP) is 3.05. The maximum atomic E-state index is 12.1. The molecule has 1 aromatic rings. The number of carbonyl (C=O) groups is 1. The molecule has 1 aliphatic rings. The van der Waals surface area contributed by atoms with Gasteiger partial charge in [-0.3, -0.25) is 4.79 Å². The third kappa shape index (κ3) is 5.05. The lowest BCUT2D eigenvalue weighted by molar-refractivity contribution is 0.0273. The average Bonchev–Trinajstić information content (AvgIpc) is 2.50. The largest absolute Gasteiger partial charge is 0.398 e. The Morgan fingerprint density at radius 3 is 2.86 bits per heavy atom. The van der Waals surface area contributed by atoms with E-state index in [-0.39, 0.29) is 5.91 Å². The maximum Gasteiger partial charge on any atom is 0.253 e. The van der Waals surface area contributed by atoms with Crippen LogP contribution in [-0.4, -0.2) is 25.2 Å². The van der Waals surface area contributed by atoms with Crippen molar-refractivity contribution in [1.82, 2.24) is 5.32 Å². The fourth-order valence-electron chi connectivity index (χ4n) is 2.72. The van der Waals surface area contributed by atoms with Crippen LogP contribution in [-0.2, 0) is 4.74 Å². The Morgan fingerprint density at radius 2 is 2.10 bits per heavy atom. The van der Waals surface area contributed by atoms with E-state index in [2.05, 4.69) is 5.32 Å². The highest BCUT2D eigenvalue weighted by Crippen LogP contribution is 2.20. The predicted molar refractivity (Wildman–Crippen MR) is 85.4 cm³/mol. The molecule has 1 saturated carbocycles. The van der Waals surface area contributed by atoms with Gasteiger partial charge in [0.05, 0.1) is 11.7 Å². The van der Waals surface area contributed by atoms with Crippen LogP contribution < -0.4 is 11.1 Å². The van der Waals surface area contributed by atoms with Crippen molar-refractivity contribution >= 4 is 11.6 Å². The van der Waals surface area contributed by atoms with Crippen LogP contribution in [0.1, 0.15) is 54.4 Å². The number of aryl methyl sites for hydroxylation is 1. The molecule has 0 aromatic heterocycles. The highest BCUT2D eigenvalue weighted by molar-refractivity contribution is 5.99. The summed E-state index contributed by atoms with van der Waals surface area (Å²) in [5, 5.41) is 2.91. The number of rotatable bonds is 6. The number of amides is 1. The second-order valence-electron chi connectivity index (χ2n) is 5.83. The molecule has 2 rings (SSSR count). The third-order valence-electron chi connectivity index (χ3n) is 3.97. The molecular formula is C17H26N2O2. The number of carbonyl (C=O) groups excluding carboxylic acids is 1. The van der Waals surface area contributed by atoms with E-state index in [1.54, 1.807) is 6.07 Å². The Hall–Kier alpha value is -1.55. The fourth-order valence-corrected chi connectivity index (χ4v) is 2.72. The molecule has 1 aromatic carbocycles. The van der Waals surface area contributed by atoms with Gasteiger partial charge in [-0.2, -0.15) is 0 Å². The smallest absolute Gasteiger partial charge is 0.253 e. The molecule has 21 heavy (non-hydrogen) atoms. The molecule has 116 valence electrons. The molecule has 1 aliphatic carbocycles. The average molecular weight is 290 g/mol. The Labute approximate surface area is 127 Å². The Morgan fingerprint density at radius 1 is 1.33 bits per heavy atom. The van der Waals surface area contributed by atoms with Gasteiger partial charge in [-0.05, 0) is 38.3 Å². The topological polar surface area (TPSA) is 64.4 Å². The summed E-state index contributed by atoms with van der Waals surface area (Å²) in [5.41, 5.74) is 7.95. The second-order valence-corrected chi connectivity index (χ2v) is 5.83. The molecule has 0 radical (unpaired) electrons. The van der Waals surface area contributed by atoms with E-state index in [0.717, 1.165) is 12.0 Å². The Kier molecular flexibility index (Phi) is 6.05. The van der Waals surface area contributed by atoms with Crippen molar-refractivity contribution in [2.45, 2.75) is 51.6 Å². The van der Waals surface area contributed by atoms with Crippen molar-refractivity contribution in [2.75, 3.05) is 18.9 Å². The molecule has 0 atom stereocenters. The van der Waals surface area contributed by atoms with E-state index in [1.165, 1.54) is 32.1 Å². The summed E-state index contributed by atoms with van der Waals surface area (Å²) in [5.74, 6) is -0.103. The van der Waals surface area contributed by atoms with E-state index < -0.39 is 0 Å². The highest BCUT2D eigenvalue weighted by Gasteiger charge is 2.13. The minimum Gasteiger partial charge on any atom is -0.398 e. The number of anilines is 1. The van der Waals surface area contributed by atoms with Gasteiger partial charge in [0.1, 0.15) is 0 Å². The maximum absolute atomic E-state index is 12.1. The lowest BCUT2D eigenvalue weighted by Gasteiger charge is -2.21. The number of nitrogens with one attached hydrogen (secondary N) is 1. The molecule has 0 aliphatic heterocycles. The molecule has 4 heteroatoms. The summed E-state index contributed by atoms with van der Waals surface area (Å²) in [7, 11) is 0. The zero-order valence-electron chi connectivity index (χ0n) is 12.9. The van der Waals surface area contributed by atoms with Gasteiger partial charge in [0, 0.05) is 18.8 Å². The number of benzene rings is 1. The number of ether oxygens (including phenoxy) is 1. The van der Waals surface area contributed by atoms with Gasteiger partial charge < -0.3 is 15.8 Å². The van der Waals surface area contributed by atoms with Gasteiger partial charge in [0.2, 0.25) is 0 Å². The monoisotopic (exact) mass is 290 g/mol. The van der Waals surface area contributed by atoms with Gasteiger partial charge in [0.25, 0.3) is 5.91 Å². The van der Waals surface area contributed by atoms with Crippen molar-refractivity contribution < 1.29 is 9.53 Å². The first kappa shape index (κ1) is 15.8. The van der Waals surface area contributed by atoms with Gasteiger partial charge in [0.15, 0.2) is 0 Å². The zero-order valence-corrected chi connectivity index (χ0v) is 12.9. The molecule has 0 spiro atoms. The first-order valence-electron chi connectivity index (χ1n) is 7.93. The second kappa shape index (κ2) is 8.03. The van der Waals surface area contributed by atoms with Crippen molar-refractivity contribution in [3.63, 3.8) is 0 Å². The van der Waals surface area contributed by atoms with Crippen LogP contribution in [0.4, 0.5) is 5.69 Å². The Bertz CT molecular complexity index is 468. The van der Waals surface area contributed by atoms with Crippen LogP contribution in [0.15, 0.2) is 18.2 Å².